The number of aromatic nitrogens is 2. The zero-order valence-corrected chi connectivity index (χ0v) is 12.5. The maximum Gasteiger partial charge on any atom is 0.225 e. The van der Waals surface area contributed by atoms with Crippen LogP contribution in [0.5, 0.6) is 0 Å². The van der Waals surface area contributed by atoms with Crippen molar-refractivity contribution in [2.24, 2.45) is 0 Å². The van der Waals surface area contributed by atoms with Gasteiger partial charge in [0.2, 0.25) is 5.95 Å². The average Bonchev–Trinajstić information content (AvgIpc) is 3.32. The third-order valence-electron chi connectivity index (χ3n) is 4.09. The highest BCUT2D eigenvalue weighted by atomic mass is 15.3. The fourth-order valence-corrected chi connectivity index (χ4v) is 2.80. The molecule has 1 aromatic rings. The molecule has 2 fully saturated rings. The molecule has 2 aliphatic rings. The molecule has 21 heavy (non-hydrogen) atoms. The second-order valence-electron chi connectivity index (χ2n) is 6.17. The van der Waals surface area contributed by atoms with Crippen molar-refractivity contribution < 1.29 is 0 Å². The van der Waals surface area contributed by atoms with E-state index in [1.807, 2.05) is 13.0 Å². The Hall–Kier alpha value is -1.71. The maximum absolute atomic E-state index is 9.45. The lowest BCUT2D eigenvalue weighted by Crippen LogP contribution is -2.56. The molecular weight excluding hydrogens is 264 g/mol. The van der Waals surface area contributed by atoms with Crippen LogP contribution in [-0.2, 0) is 0 Å². The van der Waals surface area contributed by atoms with Gasteiger partial charge in [0.05, 0.1) is 6.07 Å². The standard InChI is InChI=1S/C15H22N6/c1-15(11-16,19-13-3-4-13)12-20-7-9-21(10-8-20)14-17-5-2-6-18-14/h2,5-6,13,19H,3-4,7-10,12H2,1H3. The first-order chi connectivity index (χ1) is 10.2. The van der Waals surface area contributed by atoms with Crippen molar-refractivity contribution >= 4 is 5.95 Å². The Morgan fingerprint density at radius 2 is 1.95 bits per heavy atom. The Labute approximate surface area is 125 Å². The fraction of sp³-hybridized carbons (Fsp3) is 0.667. The van der Waals surface area contributed by atoms with Gasteiger partial charge < -0.3 is 4.90 Å². The van der Waals surface area contributed by atoms with Gasteiger partial charge in [-0.25, -0.2) is 9.97 Å². The number of piperazine rings is 1. The molecule has 0 amide bonds. The van der Waals surface area contributed by atoms with Gasteiger partial charge in [0.25, 0.3) is 0 Å². The summed E-state index contributed by atoms with van der Waals surface area (Å²) in [5.41, 5.74) is -0.438. The molecule has 112 valence electrons. The van der Waals surface area contributed by atoms with Gasteiger partial charge in [-0.2, -0.15) is 5.26 Å². The molecule has 6 nitrogen and oxygen atoms in total. The monoisotopic (exact) mass is 286 g/mol. The second kappa shape index (κ2) is 5.96. The molecule has 2 heterocycles. The van der Waals surface area contributed by atoms with Crippen LogP contribution in [0.15, 0.2) is 18.5 Å². The predicted octanol–water partition coefficient (Wildman–Crippen LogP) is 0.633. The number of nitrogens with zero attached hydrogens (tertiary/aromatic N) is 5. The Morgan fingerprint density at radius 3 is 2.52 bits per heavy atom. The van der Waals surface area contributed by atoms with Gasteiger partial charge in [-0.1, -0.05) is 0 Å². The third-order valence-corrected chi connectivity index (χ3v) is 4.09. The third kappa shape index (κ3) is 3.69. The molecule has 0 radical (unpaired) electrons. The van der Waals surface area contributed by atoms with Gasteiger partial charge in [0.15, 0.2) is 0 Å². The van der Waals surface area contributed by atoms with E-state index in [1.54, 1.807) is 12.4 Å². The first-order valence-electron chi connectivity index (χ1n) is 7.62. The topological polar surface area (TPSA) is 68.1 Å². The maximum atomic E-state index is 9.45. The van der Waals surface area contributed by atoms with E-state index in [0.29, 0.717) is 6.04 Å². The molecule has 3 rings (SSSR count). The molecule has 1 aliphatic carbocycles. The Balaban J connectivity index is 1.52. The summed E-state index contributed by atoms with van der Waals surface area (Å²) < 4.78 is 0. The molecular formula is C15H22N6. The van der Waals surface area contributed by atoms with Crippen molar-refractivity contribution in [3.63, 3.8) is 0 Å². The number of rotatable bonds is 5. The van der Waals surface area contributed by atoms with E-state index in [9.17, 15) is 5.26 Å². The summed E-state index contributed by atoms with van der Waals surface area (Å²) in [6, 6.07) is 4.83. The van der Waals surface area contributed by atoms with Crippen LogP contribution in [0.25, 0.3) is 0 Å². The van der Waals surface area contributed by atoms with Crippen LogP contribution in [0.1, 0.15) is 19.8 Å². The van der Waals surface area contributed by atoms with Crippen LogP contribution >= 0.6 is 0 Å². The lowest BCUT2D eigenvalue weighted by molar-refractivity contribution is 0.207. The Kier molecular flexibility index (Phi) is 4.04. The first-order valence-corrected chi connectivity index (χ1v) is 7.62. The van der Waals surface area contributed by atoms with Crippen LogP contribution in [0, 0.1) is 11.3 Å². The molecule has 0 spiro atoms. The van der Waals surface area contributed by atoms with E-state index in [4.69, 9.17) is 0 Å². The van der Waals surface area contributed by atoms with E-state index >= 15 is 0 Å². The molecule has 6 heteroatoms. The molecule has 0 aromatic carbocycles. The van der Waals surface area contributed by atoms with Crippen LogP contribution in [-0.4, -0.2) is 59.2 Å². The van der Waals surface area contributed by atoms with Crippen molar-refractivity contribution in [2.75, 3.05) is 37.6 Å². The molecule has 1 saturated carbocycles. The van der Waals surface area contributed by atoms with Crippen molar-refractivity contribution in [1.29, 1.82) is 5.26 Å². The summed E-state index contributed by atoms with van der Waals surface area (Å²) in [4.78, 5) is 13.2. The summed E-state index contributed by atoms with van der Waals surface area (Å²) in [5, 5.41) is 12.9. The SMILES string of the molecule is CC(C#N)(CN1CCN(c2ncccn2)CC1)NC1CC1. The van der Waals surface area contributed by atoms with Crippen molar-refractivity contribution in [3.8, 4) is 6.07 Å². The highest BCUT2D eigenvalue weighted by molar-refractivity contribution is 5.29. The summed E-state index contributed by atoms with van der Waals surface area (Å²) >= 11 is 0. The quantitative estimate of drug-likeness (QED) is 0.856. The van der Waals surface area contributed by atoms with Crippen LogP contribution in [0.2, 0.25) is 0 Å². The minimum absolute atomic E-state index is 0.438. The molecule has 1 aromatic heterocycles. The highest BCUT2D eigenvalue weighted by Gasteiger charge is 2.34. The predicted molar refractivity (Wildman–Crippen MR) is 80.9 cm³/mol. The first kappa shape index (κ1) is 14.2. The van der Waals surface area contributed by atoms with Gasteiger partial charge >= 0.3 is 0 Å². The van der Waals surface area contributed by atoms with Crippen LogP contribution < -0.4 is 10.2 Å². The molecule has 0 bridgehead atoms. The normalized spacial score (nSPS) is 22.6. The summed E-state index contributed by atoms with van der Waals surface area (Å²) in [7, 11) is 0. The molecule has 1 saturated heterocycles. The molecule has 1 aliphatic heterocycles. The minimum atomic E-state index is -0.438. The average molecular weight is 286 g/mol. The van der Waals surface area contributed by atoms with Crippen LogP contribution in [0.4, 0.5) is 5.95 Å². The second-order valence-corrected chi connectivity index (χ2v) is 6.17. The smallest absolute Gasteiger partial charge is 0.225 e. The van der Waals surface area contributed by atoms with E-state index in [1.165, 1.54) is 12.8 Å². The van der Waals surface area contributed by atoms with Crippen molar-refractivity contribution in [1.82, 2.24) is 20.2 Å². The lowest BCUT2D eigenvalue weighted by atomic mass is 10.0. The highest BCUT2D eigenvalue weighted by Crippen LogP contribution is 2.23. The summed E-state index contributed by atoms with van der Waals surface area (Å²) in [6.45, 7) is 6.51. The van der Waals surface area contributed by atoms with Crippen LogP contribution in [0.3, 0.4) is 0 Å². The lowest BCUT2D eigenvalue weighted by Gasteiger charge is -2.38. The van der Waals surface area contributed by atoms with Crippen molar-refractivity contribution in [2.45, 2.75) is 31.3 Å². The number of nitriles is 1. The van der Waals surface area contributed by atoms with E-state index in [2.05, 4.69) is 31.2 Å². The van der Waals surface area contributed by atoms with Gasteiger partial charge in [-0.05, 0) is 25.8 Å². The number of anilines is 1. The van der Waals surface area contributed by atoms with E-state index < -0.39 is 5.54 Å². The summed E-state index contributed by atoms with van der Waals surface area (Å²) in [6.07, 6.45) is 5.97. The Morgan fingerprint density at radius 1 is 1.29 bits per heavy atom. The number of hydrogen-bond donors (Lipinski definition) is 1. The van der Waals surface area contributed by atoms with E-state index in [0.717, 1.165) is 38.7 Å². The summed E-state index contributed by atoms with van der Waals surface area (Å²) in [5.74, 6) is 0.802. The number of nitrogens with one attached hydrogen (secondary N) is 1. The van der Waals surface area contributed by atoms with Gasteiger partial charge in [-0.15, -0.1) is 0 Å². The van der Waals surface area contributed by atoms with E-state index in [-0.39, 0.29) is 0 Å². The van der Waals surface area contributed by atoms with Gasteiger partial charge in [0.1, 0.15) is 5.54 Å². The number of hydrogen-bond acceptors (Lipinski definition) is 6. The molecule has 1 N–H and O–H groups in total. The van der Waals surface area contributed by atoms with Gasteiger partial charge in [0, 0.05) is 51.2 Å². The minimum Gasteiger partial charge on any atom is -0.338 e. The zero-order valence-electron chi connectivity index (χ0n) is 12.5. The fourth-order valence-electron chi connectivity index (χ4n) is 2.80. The largest absolute Gasteiger partial charge is 0.338 e. The Bertz CT molecular complexity index is 501. The van der Waals surface area contributed by atoms with Gasteiger partial charge in [-0.3, -0.25) is 10.2 Å². The van der Waals surface area contributed by atoms with Crippen molar-refractivity contribution in [3.05, 3.63) is 18.5 Å². The zero-order chi connectivity index (χ0) is 14.7. The molecule has 1 unspecified atom stereocenters. The molecule has 1 atom stereocenters.